The molecule has 2 amide bonds. The average Bonchev–Trinajstić information content (AvgIpc) is 2.73. The van der Waals surface area contributed by atoms with Gasteiger partial charge in [0.25, 0.3) is 0 Å². The number of nitrogens with one attached hydrogen (secondary N) is 2. The normalized spacial score (nSPS) is 13.5. The molecule has 0 spiro atoms. The molecule has 21 heavy (non-hydrogen) atoms. The minimum absolute atomic E-state index is 0.314. The van der Waals surface area contributed by atoms with E-state index in [1.54, 1.807) is 20.8 Å². The molecule has 0 radical (unpaired) electrons. The molecule has 118 valence electrons. The van der Waals surface area contributed by atoms with Gasteiger partial charge in [0, 0.05) is 5.56 Å². The Morgan fingerprint density at radius 2 is 2.05 bits per heavy atom. The van der Waals surface area contributed by atoms with E-state index in [9.17, 15) is 9.59 Å². The zero-order valence-electron chi connectivity index (χ0n) is 12.6. The Morgan fingerprint density at radius 1 is 1.38 bits per heavy atom. The summed E-state index contributed by atoms with van der Waals surface area (Å²) in [7, 11) is 0. The lowest BCUT2D eigenvalue weighted by Crippen LogP contribution is -2.46. The fourth-order valence-electron chi connectivity index (χ4n) is 2.07. The summed E-state index contributed by atoms with van der Waals surface area (Å²) in [4.78, 5) is 23.0. The van der Waals surface area contributed by atoms with Crippen molar-refractivity contribution in [3.8, 4) is 0 Å². The Morgan fingerprint density at radius 3 is 2.52 bits per heavy atom. The highest BCUT2D eigenvalue weighted by Crippen LogP contribution is 2.20. The summed E-state index contributed by atoms with van der Waals surface area (Å²) in [5, 5.41) is 18.1. The van der Waals surface area contributed by atoms with Gasteiger partial charge in [-0.1, -0.05) is 5.16 Å². The minimum atomic E-state index is -1.04. The van der Waals surface area contributed by atoms with E-state index in [0.29, 0.717) is 23.6 Å². The molecule has 1 aromatic rings. The molecule has 1 rings (SSSR count). The van der Waals surface area contributed by atoms with Crippen molar-refractivity contribution in [3.63, 3.8) is 0 Å². The van der Waals surface area contributed by atoms with E-state index in [1.807, 2.05) is 6.26 Å². The third-order valence-corrected chi connectivity index (χ3v) is 3.73. The number of rotatable bonds is 7. The molecule has 0 aliphatic rings. The summed E-state index contributed by atoms with van der Waals surface area (Å²) < 4.78 is 5.05. The second-order valence-corrected chi connectivity index (χ2v) is 5.74. The van der Waals surface area contributed by atoms with E-state index >= 15 is 0 Å². The smallest absolute Gasteiger partial charge is 0.326 e. The van der Waals surface area contributed by atoms with E-state index in [4.69, 9.17) is 9.63 Å². The van der Waals surface area contributed by atoms with E-state index in [0.717, 1.165) is 5.56 Å². The zero-order valence-corrected chi connectivity index (χ0v) is 13.4. The molecule has 8 heteroatoms. The van der Waals surface area contributed by atoms with Gasteiger partial charge in [0.2, 0.25) is 0 Å². The minimum Gasteiger partial charge on any atom is -0.480 e. The van der Waals surface area contributed by atoms with Crippen LogP contribution in [0.5, 0.6) is 0 Å². The van der Waals surface area contributed by atoms with E-state index < -0.39 is 18.0 Å². The quantitative estimate of drug-likeness (QED) is 0.709. The number of carboxylic acid groups (broad SMARTS) is 1. The number of carboxylic acids is 1. The fraction of sp³-hybridized carbons (Fsp3) is 0.615. The summed E-state index contributed by atoms with van der Waals surface area (Å²) in [5.41, 5.74) is 1.51. The molecular weight excluding hydrogens is 294 g/mol. The monoisotopic (exact) mass is 315 g/mol. The number of nitrogens with zero attached hydrogens (tertiary/aromatic N) is 1. The molecule has 0 aliphatic carbocycles. The van der Waals surface area contributed by atoms with Gasteiger partial charge in [-0.25, -0.2) is 9.59 Å². The summed E-state index contributed by atoms with van der Waals surface area (Å²) in [6.45, 7) is 5.36. The van der Waals surface area contributed by atoms with Crippen LogP contribution >= 0.6 is 11.8 Å². The molecule has 0 saturated heterocycles. The Hall–Kier alpha value is -1.70. The Kier molecular flexibility index (Phi) is 6.54. The first-order valence-corrected chi connectivity index (χ1v) is 7.97. The number of aliphatic carboxylic acids is 1. The number of carbonyl (C=O) groups excluding carboxylic acids is 1. The van der Waals surface area contributed by atoms with Gasteiger partial charge < -0.3 is 20.3 Å². The van der Waals surface area contributed by atoms with Gasteiger partial charge in [-0.05, 0) is 39.2 Å². The molecule has 0 bridgehead atoms. The first kappa shape index (κ1) is 17.4. The molecule has 7 nitrogen and oxygen atoms in total. The van der Waals surface area contributed by atoms with Crippen molar-refractivity contribution in [1.29, 1.82) is 0 Å². The van der Waals surface area contributed by atoms with Crippen LogP contribution in [0.15, 0.2) is 4.52 Å². The first-order valence-electron chi connectivity index (χ1n) is 6.58. The number of aryl methyl sites for hydroxylation is 2. The van der Waals surface area contributed by atoms with Crippen LogP contribution in [0.3, 0.4) is 0 Å². The summed E-state index contributed by atoms with van der Waals surface area (Å²) in [6, 6.07) is -1.73. The standard InChI is InChI=1S/C13H21N3O4S/c1-7(11-8(2)16-20-9(11)3)14-13(19)15-10(12(17)18)5-6-21-4/h7,10H,5-6H2,1-4H3,(H,17,18)(H2,14,15,19)/t7?,10-/m0/s1. The van der Waals surface area contributed by atoms with Gasteiger partial charge in [-0.3, -0.25) is 0 Å². The topological polar surface area (TPSA) is 104 Å². The van der Waals surface area contributed by atoms with E-state index in [2.05, 4.69) is 15.8 Å². The van der Waals surface area contributed by atoms with Crippen LogP contribution < -0.4 is 10.6 Å². The average molecular weight is 315 g/mol. The SMILES string of the molecule is CSCC[C@H](NC(=O)NC(C)c1c(C)noc1C)C(=O)O. The highest BCUT2D eigenvalue weighted by Gasteiger charge is 2.22. The van der Waals surface area contributed by atoms with Gasteiger partial charge in [0.15, 0.2) is 0 Å². The van der Waals surface area contributed by atoms with Crippen LogP contribution in [0.25, 0.3) is 0 Å². The number of urea groups is 1. The molecular formula is C13H21N3O4S. The predicted molar refractivity (Wildman–Crippen MR) is 80.5 cm³/mol. The maximum Gasteiger partial charge on any atom is 0.326 e. The largest absolute Gasteiger partial charge is 0.480 e. The van der Waals surface area contributed by atoms with Crippen LogP contribution in [0.2, 0.25) is 0 Å². The number of amides is 2. The third kappa shape index (κ3) is 4.96. The second kappa shape index (κ2) is 7.92. The molecule has 1 unspecified atom stereocenters. The van der Waals surface area contributed by atoms with Crippen LogP contribution in [0.4, 0.5) is 4.79 Å². The van der Waals surface area contributed by atoms with Crippen LogP contribution in [0.1, 0.15) is 36.4 Å². The molecule has 2 atom stereocenters. The van der Waals surface area contributed by atoms with E-state index in [1.165, 1.54) is 11.8 Å². The summed E-state index contributed by atoms with van der Waals surface area (Å²) in [6.07, 6.45) is 2.27. The number of hydrogen-bond donors (Lipinski definition) is 3. The maximum atomic E-state index is 11.9. The van der Waals surface area contributed by atoms with Gasteiger partial charge in [0.05, 0.1) is 11.7 Å². The predicted octanol–water partition coefficient (Wildman–Crippen LogP) is 1.86. The number of carbonyl (C=O) groups is 2. The molecule has 0 aromatic carbocycles. The van der Waals surface area contributed by atoms with Crippen molar-refractivity contribution in [2.75, 3.05) is 12.0 Å². The molecule has 0 saturated carbocycles. The summed E-state index contributed by atoms with van der Waals surface area (Å²) in [5.74, 6) is 0.262. The lowest BCUT2D eigenvalue weighted by atomic mass is 10.1. The molecule has 0 fully saturated rings. The van der Waals surface area contributed by atoms with Gasteiger partial charge in [-0.2, -0.15) is 11.8 Å². The van der Waals surface area contributed by atoms with Crippen molar-refractivity contribution in [1.82, 2.24) is 15.8 Å². The number of thioether (sulfide) groups is 1. The fourth-order valence-corrected chi connectivity index (χ4v) is 2.54. The molecule has 0 aliphatic heterocycles. The lowest BCUT2D eigenvalue weighted by Gasteiger charge is -2.18. The zero-order chi connectivity index (χ0) is 16.0. The van der Waals surface area contributed by atoms with Gasteiger partial charge >= 0.3 is 12.0 Å². The Labute approximate surface area is 127 Å². The van der Waals surface area contributed by atoms with Crippen LogP contribution in [-0.2, 0) is 4.79 Å². The maximum absolute atomic E-state index is 11.9. The highest BCUT2D eigenvalue weighted by atomic mass is 32.2. The molecule has 3 N–H and O–H groups in total. The van der Waals surface area contributed by atoms with Crippen molar-refractivity contribution in [2.24, 2.45) is 0 Å². The van der Waals surface area contributed by atoms with Crippen molar-refractivity contribution >= 4 is 23.8 Å². The number of aromatic nitrogens is 1. The Bertz CT molecular complexity index is 484. The van der Waals surface area contributed by atoms with Crippen molar-refractivity contribution < 1.29 is 19.2 Å². The third-order valence-electron chi connectivity index (χ3n) is 3.08. The van der Waals surface area contributed by atoms with Crippen molar-refractivity contribution in [3.05, 3.63) is 17.0 Å². The lowest BCUT2D eigenvalue weighted by molar-refractivity contribution is -0.139. The van der Waals surface area contributed by atoms with Gasteiger partial charge in [-0.15, -0.1) is 0 Å². The van der Waals surface area contributed by atoms with Crippen molar-refractivity contribution in [2.45, 2.75) is 39.3 Å². The highest BCUT2D eigenvalue weighted by molar-refractivity contribution is 7.98. The number of hydrogen-bond acceptors (Lipinski definition) is 5. The summed E-state index contributed by atoms with van der Waals surface area (Å²) >= 11 is 1.53. The van der Waals surface area contributed by atoms with Gasteiger partial charge in [0.1, 0.15) is 11.8 Å². The van der Waals surface area contributed by atoms with E-state index in [-0.39, 0.29) is 6.04 Å². The van der Waals surface area contributed by atoms with Crippen LogP contribution in [0, 0.1) is 13.8 Å². The molecule has 1 heterocycles. The second-order valence-electron chi connectivity index (χ2n) is 4.75. The first-order chi connectivity index (χ1) is 9.86. The Balaban J connectivity index is 2.61. The molecule has 1 aromatic heterocycles. The van der Waals surface area contributed by atoms with Crippen LogP contribution in [-0.4, -0.2) is 40.3 Å².